The molecule has 7 nitrogen and oxygen atoms in total. The van der Waals surface area contributed by atoms with Crippen molar-refractivity contribution >= 4 is 52.8 Å². The van der Waals surface area contributed by atoms with E-state index in [4.69, 9.17) is 32.7 Å². The molecule has 1 aliphatic heterocycles. The quantitative estimate of drug-likeness (QED) is 0.259. The van der Waals surface area contributed by atoms with Crippen LogP contribution in [0.5, 0.6) is 0 Å². The molecule has 0 saturated carbocycles. The molecule has 0 radical (unpaired) electrons. The van der Waals surface area contributed by atoms with Crippen LogP contribution in [0.2, 0.25) is 10.0 Å². The lowest BCUT2D eigenvalue weighted by atomic mass is 10.0. The van der Waals surface area contributed by atoms with Gasteiger partial charge in [0.1, 0.15) is 0 Å². The maximum absolute atomic E-state index is 13.7. The van der Waals surface area contributed by atoms with Crippen molar-refractivity contribution in [1.82, 2.24) is 4.57 Å². The molecule has 2 heterocycles. The van der Waals surface area contributed by atoms with Crippen molar-refractivity contribution in [2.75, 3.05) is 18.6 Å². The largest absolute Gasteiger partial charge is 0.465 e. The van der Waals surface area contributed by atoms with Crippen LogP contribution in [-0.4, -0.2) is 36.1 Å². The first-order valence-electron chi connectivity index (χ1n) is 11.9. The Bertz CT molecular complexity index is 1520. The number of carbonyl (C=O) groups excluding carboxylic acids is 3. The molecule has 4 rings (SSSR count). The molecular weight excluding hydrogens is 527 g/mol. The number of halogens is 2. The van der Waals surface area contributed by atoms with Crippen molar-refractivity contribution in [2.24, 2.45) is 0 Å². The highest BCUT2D eigenvalue weighted by Crippen LogP contribution is 2.37. The van der Waals surface area contributed by atoms with Crippen LogP contribution in [0, 0.1) is 13.8 Å². The Hall–Kier alpha value is -3.81. The number of nitrogens with zero attached hydrogens (tertiary/aromatic N) is 2. The monoisotopic (exact) mass is 552 g/mol. The van der Waals surface area contributed by atoms with Gasteiger partial charge in [-0.25, -0.2) is 9.59 Å². The Kier molecular flexibility index (Phi) is 7.81. The van der Waals surface area contributed by atoms with E-state index in [2.05, 4.69) is 0 Å². The van der Waals surface area contributed by atoms with Crippen LogP contribution < -0.4 is 4.90 Å². The van der Waals surface area contributed by atoms with Crippen molar-refractivity contribution in [3.8, 4) is 5.69 Å². The van der Waals surface area contributed by atoms with Gasteiger partial charge in [-0.15, -0.1) is 0 Å². The summed E-state index contributed by atoms with van der Waals surface area (Å²) in [6.45, 7) is 7.53. The molecule has 1 amide bonds. The SMILES string of the molecule is CCOC(=O)c1ccc(N2C(=O)/C(=C\c3cc(C)n(-c4ccc(Cl)c(Cl)c4)c3C)C(C(=O)OC)=C2C)cc1. The molecule has 0 aliphatic carbocycles. The molecule has 2 aromatic carbocycles. The average Bonchev–Trinajstić information content (AvgIpc) is 3.31. The lowest BCUT2D eigenvalue weighted by molar-refractivity contribution is -0.136. The number of hydrogen-bond donors (Lipinski definition) is 0. The molecule has 0 unspecified atom stereocenters. The number of rotatable bonds is 6. The molecule has 0 atom stereocenters. The van der Waals surface area contributed by atoms with E-state index in [0.717, 1.165) is 22.6 Å². The van der Waals surface area contributed by atoms with E-state index in [9.17, 15) is 14.4 Å². The molecule has 0 spiro atoms. The highest BCUT2D eigenvalue weighted by Gasteiger charge is 2.38. The number of aryl methyl sites for hydroxylation is 1. The Labute approximate surface area is 230 Å². The summed E-state index contributed by atoms with van der Waals surface area (Å²) in [6, 6.07) is 13.7. The van der Waals surface area contributed by atoms with Crippen LogP contribution in [-0.2, 0) is 19.1 Å². The normalized spacial score (nSPS) is 14.4. The van der Waals surface area contributed by atoms with E-state index in [0.29, 0.717) is 27.0 Å². The molecule has 0 N–H and O–H groups in total. The lowest BCUT2D eigenvalue weighted by Gasteiger charge is -2.18. The lowest BCUT2D eigenvalue weighted by Crippen LogP contribution is -2.24. The van der Waals surface area contributed by atoms with Gasteiger partial charge in [0.25, 0.3) is 5.91 Å². The third kappa shape index (κ3) is 4.87. The highest BCUT2D eigenvalue weighted by atomic mass is 35.5. The number of benzene rings is 2. The average molecular weight is 553 g/mol. The standard InChI is InChI=1S/C29H26Cl2N2O5/c1-6-38-28(35)19-7-9-21(10-8-19)33-18(4)26(29(36)37-5)23(27(33)34)14-20-13-16(2)32(17(20)3)22-11-12-24(30)25(31)15-22/h7-15H,6H2,1-5H3/b23-14-. The van der Waals surface area contributed by atoms with Crippen molar-refractivity contribution in [1.29, 1.82) is 0 Å². The predicted octanol–water partition coefficient (Wildman–Crippen LogP) is 6.45. The van der Waals surface area contributed by atoms with E-state index >= 15 is 0 Å². The van der Waals surface area contributed by atoms with Crippen LogP contribution in [0.1, 0.15) is 41.2 Å². The maximum Gasteiger partial charge on any atom is 0.340 e. The van der Waals surface area contributed by atoms with Gasteiger partial charge in [-0.2, -0.15) is 0 Å². The second kappa shape index (κ2) is 10.9. The Morgan fingerprint density at radius 1 is 0.921 bits per heavy atom. The first-order valence-corrected chi connectivity index (χ1v) is 12.6. The summed E-state index contributed by atoms with van der Waals surface area (Å²) in [5.41, 5.74) is 5.00. The summed E-state index contributed by atoms with van der Waals surface area (Å²) in [7, 11) is 1.28. The van der Waals surface area contributed by atoms with Gasteiger partial charge in [0.2, 0.25) is 0 Å². The molecule has 1 aromatic heterocycles. The number of amides is 1. The Balaban J connectivity index is 1.78. The van der Waals surface area contributed by atoms with Gasteiger partial charge < -0.3 is 14.0 Å². The fourth-order valence-electron chi connectivity index (χ4n) is 4.56. The van der Waals surface area contributed by atoms with Crippen LogP contribution in [0.3, 0.4) is 0 Å². The molecule has 3 aromatic rings. The third-order valence-electron chi connectivity index (χ3n) is 6.36. The number of hydrogen-bond acceptors (Lipinski definition) is 5. The zero-order chi connectivity index (χ0) is 27.7. The molecule has 0 bridgehead atoms. The third-order valence-corrected chi connectivity index (χ3v) is 7.10. The summed E-state index contributed by atoms with van der Waals surface area (Å²) in [6.07, 6.45) is 1.70. The number of allylic oxidation sites excluding steroid dienone is 1. The van der Waals surface area contributed by atoms with Crippen molar-refractivity contribution < 1.29 is 23.9 Å². The first-order chi connectivity index (χ1) is 18.1. The number of carbonyl (C=O) groups is 3. The predicted molar refractivity (Wildman–Crippen MR) is 148 cm³/mol. The number of esters is 2. The minimum atomic E-state index is -0.619. The summed E-state index contributed by atoms with van der Waals surface area (Å²) in [4.78, 5) is 40.0. The van der Waals surface area contributed by atoms with Crippen LogP contribution in [0.4, 0.5) is 5.69 Å². The van der Waals surface area contributed by atoms with Crippen molar-refractivity contribution in [2.45, 2.75) is 27.7 Å². The topological polar surface area (TPSA) is 77.8 Å². The maximum atomic E-state index is 13.7. The van der Waals surface area contributed by atoms with Gasteiger partial charge >= 0.3 is 11.9 Å². The van der Waals surface area contributed by atoms with Gasteiger partial charge in [0.15, 0.2) is 0 Å². The van der Waals surface area contributed by atoms with Gasteiger partial charge in [-0.1, -0.05) is 23.2 Å². The number of anilines is 1. The molecular formula is C29H26Cl2N2O5. The van der Waals surface area contributed by atoms with Crippen LogP contribution in [0.25, 0.3) is 11.8 Å². The van der Waals surface area contributed by atoms with Crippen LogP contribution in [0.15, 0.2) is 65.4 Å². The minimum Gasteiger partial charge on any atom is -0.465 e. The zero-order valence-corrected chi connectivity index (χ0v) is 23.1. The van der Waals surface area contributed by atoms with Crippen LogP contribution >= 0.6 is 23.2 Å². The highest BCUT2D eigenvalue weighted by molar-refractivity contribution is 6.42. The van der Waals surface area contributed by atoms with Gasteiger partial charge in [0.05, 0.1) is 40.5 Å². The van der Waals surface area contributed by atoms with E-state index in [1.807, 2.05) is 30.5 Å². The van der Waals surface area contributed by atoms with E-state index < -0.39 is 11.9 Å². The molecule has 38 heavy (non-hydrogen) atoms. The fourth-order valence-corrected chi connectivity index (χ4v) is 4.85. The Morgan fingerprint density at radius 2 is 1.58 bits per heavy atom. The Morgan fingerprint density at radius 3 is 2.18 bits per heavy atom. The van der Waals surface area contributed by atoms with Crippen molar-refractivity contribution in [3.63, 3.8) is 0 Å². The zero-order valence-electron chi connectivity index (χ0n) is 21.6. The number of ether oxygens (including phenoxy) is 2. The summed E-state index contributed by atoms with van der Waals surface area (Å²) in [5, 5.41) is 0.883. The molecule has 9 heteroatoms. The summed E-state index contributed by atoms with van der Waals surface area (Å²) < 4.78 is 12.1. The second-order valence-electron chi connectivity index (χ2n) is 8.68. The van der Waals surface area contributed by atoms with Gasteiger partial charge in [-0.3, -0.25) is 9.69 Å². The van der Waals surface area contributed by atoms with E-state index in [1.54, 1.807) is 56.3 Å². The molecule has 1 aliphatic rings. The van der Waals surface area contributed by atoms with Gasteiger partial charge in [-0.05, 0) is 87.9 Å². The first kappa shape index (κ1) is 27.2. The van der Waals surface area contributed by atoms with E-state index in [-0.39, 0.29) is 23.7 Å². The minimum absolute atomic E-state index is 0.173. The van der Waals surface area contributed by atoms with Crippen molar-refractivity contribution in [3.05, 3.63) is 97.9 Å². The van der Waals surface area contributed by atoms with E-state index in [1.165, 1.54) is 12.0 Å². The molecule has 0 fully saturated rings. The molecule has 0 saturated heterocycles. The summed E-state index contributed by atoms with van der Waals surface area (Å²) in [5.74, 6) is -1.45. The second-order valence-corrected chi connectivity index (χ2v) is 9.49. The number of aromatic nitrogens is 1. The molecule has 196 valence electrons. The smallest absolute Gasteiger partial charge is 0.340 e. The fraction of sp³-hybridized carbons (Fsp3) is 0.207. The summed E-state index contributed by atoms with van der Waals surface area (Å²) >= 11 is 12.3. The number of methoxy groups -OCH3 is 1. The van der Waals surface area contributed by atoms with Gasteiger partial charge in [0, 0.05) is 28.5 Å².